The molecule has 4 aromatic rings. The molecule has 0 amide bonds. The van der Waals surface area contributed by atoms with Gasteiger partial charge in [0.15, 0.2) is 14.3 Å². The third-order valence-electron chi connectivity index (χ3n) is 5.84. The number of benzene rings is 4. The van der Waals surface area contributed by atoms with Crippen LogP contribution in [0.1, 0.15) is 0 Å². The quantitative estimate of drug-likeness (QED) is 0.247. The van der Waals surface area contributed by atoms with E-state index in [-0.39, 0.29) is 0 Å². The molecule has 0 aliphatic carbocycles. The van der Waals surface area contributed by atoms with Gasteiger partial charge in [0.05, 0.1) is 12.6 Å². The lowest BCUT2D eigenvalue weighted by atomic mass is 10.4. The molecule has 4 aromatic carbocycles. The van der Waals surface area contributed by atoms with Gasteiger partial charge >= 0.3 is 0 Å². The van der Waals surface area contributed by atoms with E-state index in [0.717, 1.165) is 21.2 Å². The van der Waals surface area contributed by atoms with Crippen LogP contribution in [0.3, 0.4) is 0 Å². The molecule has 0 aromatic heterocycles. The lowest BCUT2D eigenvalue weighted by Crippen LogP contribution is -2.34. The lowest BCUT2D eigenvalue weighted by molar-refractivity contribution is 0.574. The van der Waals surface area contributed by atoms with Crippen molar-refractivity contribution >= 4 is 35.5 Å². The SMILES string of the molecule is O=P(CNCCNCP(=O)(c1ccccc1)c1ccccc1)(c1ccccc1)c1ccccc1. The molecule has 0 heterocycles. The summed E-state index contributed by atoms with van der Waals surface area (Å²) in [5.41, 5.74) is 0. The number of hydrogen-bond acceptors (Lipinski definition) is 4. The van der Waals surface area contributed by atoms with Crippen LogP contribution in [0.15, 0.2) is 121 Å². The smallest absolute Gasteiger partial charge is 0.156 e. The van der Waals surface area contributed by atoms with E-state index in [2.05, 4.69) is 10.6 Å². The lowest BCUT2D eigenvalue weighted by Gasteiger charge is -2.21. The van der Waals surface area contributed by atoms with Gasteiger partial charge in [0.1, 0.15) is 0 Å². The highest BCUT2D eigenvalue weighted by atomic mass is 31.2. The van der Waals surface area contributed by atoms with Crippen molar-refractivity contribution in [1.29, 1.82) is 0 Å². The molecular weight excluding hydrogens is 458 g/mol. The third-order valence-corrected chi connectivity index (χ3v) is 11.7. The predicted molar refractivity (Wildman–Crippen MR) is 145 cm³/mol. The molecule has 4 rings (SSSR count). The Bertz CT molecular complexity index is 1060. The Hall–Kier alpha value is -2.74. The van der Waals surface area contributed by atoms with E-state index in [1.165, 1.54) is 0 Å². The molecule has 4 nitrogen and oxygen atoms in total. The van der Waals surface area contributed by atoms with Crippen LogP contribution < -0.4 is 31.9 Å². The van der Waals surface area contributed by atoms with Crippen LogP contribution in [0.4, 0.5) is 0 Å². The first-order valence-electron chi connectivity index (χ1n) is 11.4. The molecule has 0 saturated carbocycles. The molecule has 0 fully saturated rings. The molecule has 0 atom stereocenters. The summed E-state index contributed by atoms with van der Waals surface area (Å²) in [7, 11) is -5.59. The second-order valence-corrected chi connectivity index (χ2v) is 13.8. The molecule has 0 unspecified atom stereocenters. The topological polar surface area (TPSA) is 58.2 Å². The van der Waals surface area contributed by atoms with Gasteiger partial charge in [0, 0.05) is 34.3 Å². The molecule has 0 aliphatic rings. The van der Waals surface area contributed by atoms with Gasteiger partial charge in [0.2, 0.25) is 0 Å². The van der Waals surface area contributed by atoms with Crippen molar-refractivity contribution in [3.63, 3.8) is 0 Å². The summed E-state index contributed by atoms with van der Waals surface area (Å²) in [6, 6.07) is 38.6. The van der Waals surface area contributed by atoms with Gasteiger partial charge in [-0.15, -0.1) is 0 Å². The monoisotopic (exact) mass is 488 g/mol. The number of rotatable bonds is 11. The van der Waals surface area contributed by atoms with Crippen LogP contribution in [-0.2, 0) is 9.13 Å². The van der Waals surface area contributed by atoms with E-state index < -0.39 is 14.3 Å². The fourth-order valence-corrected chi connectivity index (χ4v) is 8.88. The second kappa shape index (κ2) is 11.6. The van der Waals surface area contributed by atoms with E-state index in [4.69, 9.17) is 0 Å². The summed E-state index contributed by atoms with van der Waals surface area (Å²) in [5.74, 6) is 0. The molecule has 0 aliphatic heterocycles. The fraction of sp³-hybridized carbons (Fsp3) is 0.143. The van der Waals surface area contributed by atoms with Crippen LogP contribution in [0.2, 0.25) is 0 Å². The highest BCUT2D eigenvalue weighted by Gasteiger charge is 2.28. The summed E-state index contributed by atoms with van der Waals surface area (Å²) >= 11 is 0. The minimum absolute atomic E-state index is 0.373. The van der Waals surface area contributed by atoms with Gasteiger partial charge in [-0.2, -0.15) is 0 Å². The summed E-state index contributed by atoms with van der Waals surface area (Å²) in [6.45, 7) is 1.24. The van der Waals surface area contributed by atoms with Crippen molar-refractivity contribution < 1.29 is 9.13 Å². The van der Waals surface area contributed by atoms with Gasteiger partial charge < -0.3 is 19.8 Å². The standard InChI is InChI=1S/C28H30N2O2P2/c31-33(25-13-5-1-6-14-25,26-15-7-2-8-16-26)23-29-21-22-30-24-34(32,27-17-9-3-10-18-27)28-19-11-4-12-20-28/h1-20,29-30H,21-24H2. The van der Waals surface area contributed by atoms with Crippen molar-refractivity contribution in [2.24, 2.45) is 0 Å². The van der Waals surface area contributed by atoms with Gasteiger partial charge in [-0.05, 0) is 0 Å². The van der Waals surface area contributed by atoms with E-state index in [1.54, 1.807) is 0 Å². The maximum absolute atomic E-state index is 14.1. The van der Waals surface area contributed by atoms with Gasteiger partial charge in [-0.3, -0.25) is 0 Å². The molecule has 0 saturated heterocycles. The van der Waals surface area contributed by atoms with Crippen molar-refractivity contribution in [2.45, 2.75) is 0 Å². The highest BCUT2D eigenvalue weighted by Crippen LogP contribution is 2.42. The Morgan fingerprint density at radius 2 is 0.647 bits per heavy atom. The van der Waals surface area contributed by atoms with Gasteiger partial charge in [-0.25, -0.2) is 0 Å². The summed E-state index contributed by atoms with van der Waals surface area (Å²) in [6.07, 6.45) is 0.746. The largest absolute Gasteiger partial charge is 0.312 e. The van der Waals surface area contributed by atoms with E-state index in [1.807, 2.05) is 121 Å². The zero-order valence-corrected chi connectivity index (χ0v) is 20.9. The number of hydrogen-bond donors (Lipinski definition) is 2. The zero-order valence-electron chi connectivity index (χ0n) is 19.1. The Labute approximate surface area is 202 Å². The van der Waals surface area contributed by atoms with Crippen LogP contribution in [0.5, 0.6) is 0 Å². The second-order valence-electron chi connectivity index (χ2n) is 8.14. The molecule has 2 N–H and O–H groups in total. The van der Waals surface area contributed by atoms with Crippen LogP contribution >= 0.6 is 14.3 Å². The first-order chi connectivity index (χ1) is 16.6. The molecule has 0 spiro atoms. The minimum atomic E-state index is -2.79. The van der Waals surface area contributed by atoms with Crippen molar-refractivity contribution in [3.8, 4) is 0 Å². The Kier molecular flexibility index (Phi) is 8.32. The highest BCUT2D eigenvalue weighted by molar-refractivity contribution is 7.79. The molecule has 0 bridgehead atoms. The van der Waals surface area contributed by atoms with Gasteiger partial charge in [0.25, 0.3) is 0 Å². The molecular formula is C28H30N2O2P2. The van der Waals surface area contributed by atoms with E-state index in [9.17, 15) is 9.13 Å². The zero-order chi connectivity index (χ0) is 23.7. The van der Waals surface area contributed by atoms with Crippen molar-refractivity contribution in [2.75, 3.05) is 25.7 Å². The molecule has 34 heavy (non-hydrogen) atoms. The van der Waals surface area contributed by atoms with Crippen LogP contribution in [0.25, 0.3) is 0 Å². The maximum atomic E-state index is 14.1. The predicted octanol–water partition coefficient (Wildman–Crippen LogP) is 4.11. The average molecular weight is 489 g/mol. The number of nitrogens with one attached hydrogen (secondary N) is 2. The summed E-state index contributed by atoms with van der Waals surface area (Å²) in [4.78, 5) is 0. The Morgan fingerprint density at radius 1 is 0.412 bits per heavy atom. The summed E-state index contributed by atoms with van der Waals surface area (Å²) in [5, 5.41) is 10.1. The Morgan fingerprint density at radius 3 is 0.882 bits per heavy atom. The third kappa shape index (κ3) is 5.66. The maximum Gasteiger partial charge on any atom is 0.156 e. The van der Waals surface area contributed by atoms with Crippen molar-refractivity contribution in [1.82, 2.24) is 10.6 Å². The first kappa shape index (κ1) is 24.4. The minimum Gasteiger partial charge on any atom is -0.312 e. The molecule has 174 valence electrons. The van der Waals surface area contributed by atoms with Crippen LogP contribution in [0, 0.1) is 0 Å². The van der Waals surface area contributed by atoms with Gasteiger partial charge in [-0.1, -0.05) is 121 Å². The van der Waals surface area contributed by atoms with Crippen LogP contribution in [-0.4, -0.2) is 25.7 Å². The molecule has 0 radical (unpaired) electrons. The normalized spacial score (nSPS) is 11.9. The molecule has 6 heteroatoms. The summed E-state index contributed by atoms with van der Waals surface area (Å²) < 4.78 is 28.1. The first-order valence-corrected chi connectivity index (χ1v) is 15.2. The Balaban J connectivity index is 1.39. The van der Waals surface area contributed by atoms with Crippen molar-refractivity contribution in [3.05, 3.63) is 121 Å². The van der Waals surface area contributed by atoms with E-state index in [0.29, 0.717) is 25.7 Å². The average Bonchev–Trinajstić information content (AvgIpc) is 2.92. The van der Waals surface area contributed by atoms with E-state index >= 15 is 0 Å². The fourth-order valence-electron chi connectivity index (χ4n) is 3.99.